The smallest absolute Gasteiger partial charge is 0.0915 e. The molecule has 1 heterocycles. The molecular formula is C16H24O2. The molecule has 1 fully saturated rings. The second-order valence-electron chi connectivity index (χ2n) is 5.51. The van der Waals surface area contributed by atoms with Crippen LogP contribution >= 0.6 is 0 Å². The summed E-state index contributed by atoms with van der Waals surface area (Å²) in [6.07, 6.45) is 4.56. The number of aliphatic hydroxyl groups excluding tert-OH is 1. The zero-order chi connectivity index (χ0) is 13.0. The molecule has 0 aliphatic carbocycles. The third kappa shape index (κ3) is 3.12. The summed E-state index contributed by atoms with van der Waals surface area (Å²) >= 11 is 0. The van der Waals surface area contributed by atoms with Gasteiger partial charge in [0.2, 0.25) is 0 Å². The van der Waals surface area contributed by atoms with Gasteiger partial charge >= 0.3 is 0 Å². The number of hydrogen-bond acceptors (Lipinski definition) is 2. The number of hydrogen-bond donors (Lipinski definition) is 1. The first-order chi connectivity index (χ1) is 8.64. The summed E-state index contributed by atoms with van der Waals surface area (Å²) in [6.45, 7) is 4.97. The lowest BCUT2D eigenvalue weighted by atomic mass is 9.86. The predicted octanol–water partition coefficient (Wildman–Crippen LogP) is 3.11. The maximum Gasteiger partial charge on any atom is 0.0915 e. The highest BCUT2D eigenvalue weighted by Crippen LogP contribution is 2.29. The number of ether oxygens (including phenoxy) is 1. The maximum absolute atomic E-state index is 10.4. The van der Waals surface area contributed by atoms with Gasteiger partial charge in [-0.25, -0.2) is 0 Å². The third-order valence-electron chi connectivity index (χ3n) is 4.06. The standard InChI is InChI=1S/C16H24O2/c1-3-13-6-8-14(9-7-13)12-15(17)16(2)10-4-5-11-18-16/h6-9,15,17H,3-5,10-12H2,1-2H3. The number of aryl methyl sites for hydroxylation is 1. The van der Waals surface area contributed by atoms with E-state index < -0.39 is 6.10 Å². The molecule has 0 aromatic heterocycles. The molecule has 1 N–H and O–H groups in total. The van der Waals surface area contributed by atoms with Gasteiger partial charge in [-0.15, -0.1) is 0 Å². The molecule has 0 spiro atoms. The van der Waals surface area contributed by atoms with Crippen molar-refractivity contribution in [3.8, 4) is 0 Å². The van der Waals surface area contributed by atoms with E-state index in [1.54, 1.807) is 0 Å². The lowest BCUT2D eigenvalue weighted by Crippen LogP contribution is -2.45. The van der Waals surface area contributed by atoms with E-state index in [1.165, 1.54) is 11.1 Å². The highest BCUT2D eigenvalue weighted by Gasteiger charge is 2.35. The molecule has 1 saturated heterocycles. The summed E-state index contributed by atoms with van der Waals surface area (Å²) < 4.78 is 5.79. The van der Waals surface area contributed by atoms with Crippen molar-refractivity contribution >= 4 is 0 Å². The van der Waals surface area contributed by atoms with E-state index in [9.17, 15) is 5.11 Å². The zero-order valence-electron chi connectivity index (χ0n) is 11.5. The van der Waals surface area contributed by atoms with E-state index in [4.69, 9.17) is 4.74 Å². The van der Waals surface area contributed by atoms with Gasteiger partial charge in [-0.3, -0.25) is 0 Å². The Bertz CT molecular complexity index is 363. The molecule has 0 saturated carbocycles. The second-order valence-corrected chi connectivity index (χ2v) is 5.51. The molecule has 2 nitrogen and oxygen atoms in total. The maximum atomic E-state index is 10.4. The number of aliphatic hydroxyl groups is 1. The van der Waals surface area contributed by atoms with Crippen molar-refractivity contribution < 1.29 is 9.84 Å². The van der Waals surface area contributed by atoms with Crippen molar-refractivity contribution in [1.82, 2.24) is 0 Å². The van der Waals surface area contributed by atoms with Gasteiger partial charge in [-0.2, -0.15) is 0 Å². The minimum Gasteiger partial charge on any atom is -0.390 e. The topological polar surface area (TPSA) is 29.5 Å². The molecule has 2 unspecified atom stereocenters. The Balaban J connectivity index is 1.98. The van der Waals surface area contributed by atoms with Crippen molar-refractivity contribution in [1.29, 1.82) is 0 Å². The predicted molar refractivity (Wildman–Crippen MR) is 73.7 cm³/mol. The second kappa shape index (κ2) is 5.85. The van der Waals surface area contributed by atoms with Gasteiger partial charge in [0, 0.05) is 13.0 Å². The molecule has 0 amide bonds. The van der Waals surface area contributed by atoms with Crippen LogP contribution in [0.4, 0.5) is 0 Å². The first-order valence-electron chi connectivity index (χ1n) is 7.04. The fourth-order valence-electron chi connectivity index (χ4n) is 2.57. The summed E-state index contributed by atoms with van der Waals surface area (Å²) in [4.78, 5) is 0. The van der Waals surface area contributed by atoms with Crippen molar-refractivity contribution in [3.05, 3.63) is 35.4 Å². The summed E-state index contributed by atoms with van der Waals surface area (Å²) in [5, 5.41) is 10.4. The summed E-state index contributed by atoms with van der Waals surface area (Å²) in [5.41, 5.74) is 2.17. The van der Waals surface area contributed by atoms with Crippen LogP contribution in [0.15, 0.2) is 24.3 Å². The molecular weight excluding hydrogens is 224 g/mol. The Morgan fingerprint density at radius 2 is 1.89 bits per heavy atom. The number of rotatable bonds is 4. The lowest BCUT2D eigenvalue weighted by Gasteiger charge is -2.38. The average molecular weight is 248 g/mol. The van der Waals surface area contributed by atoms with Gasteiger partial charge in [-0.1, -0.05) is 31.2 Å². The van der Waals surface area contributed by atoms with Crippen molar-refractivity contribution in [3.63, 3.8) is 0 Å². The highest BCUT2D eigenvalue weighted by atomic mass is 16.5. The SMILES string of the molecule is CCc1ccc(CC(O)C2(C)CCCCO2)cc1. The van der Waals surface area contributed by atoms with Crippen molar-refractivity contribution in [2.24, 2.45) is 0 Å². The van der Waals surface area contributed by atoms with Gasteiger partial charge in [0.25, 0.3) is 0 Å². The van der Waals surface area contributed by atoms with E-state index in [0.717, 1.165) is 32.3 Å². The molecule has 100 valence electrons. The molecule has 2 heteroatoms. The van der Waals surface area contributed by atoms with Crippen LogP contribution in [-0.2, 0) is 17.6 Å². The normalized spacial score (nSPS) is 25.9. The molecule has 1 aromatic rings. The minimum absolute atomic E-state index is 0.359. The Morgan fingerprint density at radius 1 is 1.22 bits per heavy atom. The van der Waals surface area contributed by atoms with Gasteiger partial charge in [0.1, 0.15) is 0 Å². The van der Waals surface area contributed by atoms with Crippen LogP contribution in [0.3, 0.4) is 0 Å². The van der Waals surface area contributed by atoms with E-state index in [1.807, 2.05) is 6.92 Å². The van der Waals surface area contributed by atoms with Gasteiger partial charge in [0.15, 0.2) is 0 Å². The average Bonchev–Trinajstić information content (AvgIpc) is 2.40. The first kappa shape index (κ1) is 13.6. The molecule has 1 aliphatic rings. The fourth-order valence-corrected chi connectivity index (χ4v) is 2.57. The summed E-state index contributed by atoms with van der Waals surface area (Å²) in [7, 11) is 0. The van der Waals surface area contributed by atoms with Crippen LogP contribution in [0, 0.1) is 0 Å². The molecule has 1 aliphatic heterocycles. The first-order valence-corrected chi connectivity index (χ1v) is 7.04. The van der Waals surface area contributed by atoms with E-state index in [-0.39, 0.29) is 5.60 Å². The molecule has 0 radical (unpaired) electrons. The largest absolute Gasteiger partial charge is 0.390 e. The van der Waals surface area contributed by atoms with Crippen molar-refractivity contribution in [2.75, 3.05) is 6.61 Å². The Labute approximate surface area is 110 Å². The quantitative estimate of drug-likeness (QED) is 0.887. The number of benzene rings is 1. The third-order valence-corrected chi connectivity index (χ3v) is 4.06. The fraction of sp³-hybridized carbons (Fsp3) is 0.625. The lowest BCUT2D eigenvalue weighted by molar-refractivity contribution is -0.135. The van der Waals surface area contributed by atoms with Crippen LogP contribution in [0.2, 0.25) is 0 Å². The van der Waals surface area contributed by atoms with Gasteiger partial charge < -0.3 is 9.84 Å². The molecule has 0 bridgehead atoms. The molecule has 2 atom stereocenters. The van der Waals surface area contributed by atoms with Crippen LogP contribution in [0.1, 0.15) is 44.2 Å². The van der Waals surface area contributed by atoms with Gasteiger partial charge in [-0.05, 0) is 43.7 Å². The van der Waals surface area contributed by atoms with E-state index in [2.05, 4.69) is 31.2 Å². The zero-order valence-corrected chi connectivity index (χ0v) is 11.5. The monoisotopic (exact) mass is 248 g/mol. The van der Waals surface area contributed by atoms with E-state index in [0.29, 0.717) is 6.42 Å². The molecule has 2 rings (SSSR count). The minimum atomic E-state index is -0.412. The highest BCUT2D eigenvalue weighted by molar-refractivity contribution is 5.23. The summed E-state index contributed by atoms with van der Waals surface area (Å²) in [6, 6.07) is 8.53. The van der Waals surface area contributed by atoms with Crippen LogP contribution < -0.4 is 0 Å². The van der Waals surface area contributed by atoms with Crippen LogP contribution in [-0.4, -0.2) is 23.4 Å². The Kier molecular flexibility index (Phi) is 4.41. The van der Waals surface area contributed by atoms with Crippen LogP contribution in [0.25, 0.3) is 0 Å². The van der Waals surface area contributed by atoms with Crippen molar-refractivity contribution in [2.45, 2.75) is 57.7 Å². The molecule has 18 heavy (non-hydrogen) atoms. The van der Waals surface area contributed by atoms with Gasteiger partial charge in [0.05, 0.1) is 11.7 Å². The van der Waals surface area contributed by atoms with E-state index >= 15 is 0 Å². The molecule has 1 aromatic carbocycles. The van der Waals surface area contributed by atoms with Crippen LogP contribution in [0.5, 0.6) is 0 Å². The Hall–Kier alpha value is -0.860. The Morgan fingerprint density at radius 3 is 2.44 bits per heavy atom. The summed E-state index contributed by atoms with van der Waals surface area (Å²) in [5.74, 6) is 0.